The lowest BCUT2D eigenvalue weighted by molar-refractivity contribution is 0.304. The molecule has 0 radical (unpaired) electrons. The summed E-state index contributed by atoms with van der Waals surface area (Å²) in [6, 6.07) is 6.30. The Kier molecular flexibility index (Phi) is 6.47. The number of imidazole rings is 1. The van der Waals surface area contributed by atoms with Crippen molar-refractivity contribution in [3.63, 3.8) is 0 Å². The quantitative estimate of drug-likeness (QED) is 0.553. The largest absolute Gasteiger partial charge is 0.400 e. The second-order valence-electron chi connectivity index (χ2n) is 8.91. The number of hydrogen-bond donors (Lipinski definition) is 2. The van der Waals surface area contributed by atoms with Crippen molar-refractivity contribution in [1.82, 2.24) is 14.5 Å². The van der Waals surface area contributed by atoms with E-state index in [1.807, 2.05) is 49.7 Å². The van der Waals surface area contributed by atoms with Gasteiger partial charge in [-0.05, 0) is 61.4 Å². The number of piperidine rings is 1. The number of nitrogens with zero attached hydrogens (tertiary/aromatic N) is 5. The van der Waals surface area contributed by atoms with Gasteiger partial charge in [-0.1, -0.05) is 19.1 Å². The van der Waals surface area contributed by atoms with E-state index in [2.05, 4.69) is 21.6 Å². The maximum atomic E-state index is 14.9. The number of halogens is 1. The summed E-state index contributed by atoms with van der Waals surface area (Å²) < 4.78 is 16.9. The zero-order valence-corrected chi connectivity index (χ0v) is 19.5. The molecule has 2 atom stereocenters. The normalized spacial score (nSPS) is 23.3. The molecular weight excluding hydrogens is 417 g/mol. The first-order chi connectivity index (χ1) is 15.8. The zero-order chi connectivity index (χ0) is 23.7. The summed E-state index contributed by atoms with van der Waals surface area (Å²) in [4.78, 5) is 15.8. The Morgan fingerprint density at radius 2 is 1.97 bits per heavy atom. The van der Waals surface area contributed by atoms with E-state index < -0.39 is 12.1 Å². The van der Waals surface area contributed by atoms with Crippen molar-refractivity contribution in [2.24, 2.45) is 34.4 Å². The predicted molar refractivity (Wildman–Crippen MR) is 133 cm³/mol. The van der Waals surface area contributed by atoms with Crippen LogP contribution in [0.4, 0.5) is 4.39 Å². The average molecular weight is 450 g/mol. The monoisotopic (exact) mass is 449 g/mol. The van der Waals surface area contributed by atoms with Crippen LogP contribution in [0.3, 0.4) is 0 Å². The summed E-state index contributed by atoms with van der Waals surface area (Å²) in [5.41, 5.74) is 17.5. The van der Waals surface area contributed by atoms with Gasteiger partial charge in [-0.15, -0.1) is 0 Å². The number of likely N-dealkylation sites (tertiary alicyclic amines) is 1. The maximum Gasteiger partial charge on any atom is 0.225 e. The Balaban J connectivity index is 1.85. The SMILES string of the molecule is C=N/C(=N\C(C1=CC=C(N)C(F)C1C)=C(/C)c1ccc2c(c1)ncn2C)N1CCC(N)CC1. The van der Waals surface area contributed by atoms with Crippen LogP contribution in [-0.2, 0) is 7.05 Å². The molecule has 7 nitrogen and oxygen atoms in total. The molecule has 2 aliphatic rings. The summed E-state index contributed by atoms with van der Waals surface area (Å²) in [5.74, 6) is 0.0873. The Labute approximate surface area is 194 Å². The first kappa shape index (κ1) is 22.9. The van der Waals surface area contributed by atoms with E-state index in [1.54, 1.807) is 12.4 Å². The number of fused-ring (bicyclic) bond motifs is 1. The van der Waals surface area contributed by atoms with Gasteiger partial charge in [0, 0.05) is 37.8 Å². The fraction of sp³-hybridized carbons (Fsp3) is 0.400. The van der Waals surface area contributed by atoms with E-state index in [0.29, 0.717) is 11.7 Å². The molecule has 2 aromatic rings. The van der Waals surface area contributed by atoms with Gasteiger partial charge in [0.2, 0.25) is 5.96 Å². The van der Waals surface area contributed by atoms with Crippen molar-refractivity contribution in [2.75, 3.05) is 13.1 Å². The molecule has 0 bridgehead atoms. The molecule has 4 rings (SSSR count). The highest BCUT2D eigenvalue weighted by Crippen LogP contribution is 2.36. The second kappa shape index (κ2) is 9.31. The number of hydrogen-bond acceptors (Lipinski definition) is 4. The third-order valence-electron chi connectivity index (χ3n) is 6.67. The zero-order valence-electron chi connectivity index (χ0n) is 19.5. The van der Waals surface area contributed by atoms with Gasteiger partial charge in [-0.3, -0.25) is 0 Å². The lowest BCUT2D eigenvalue weighted by atomic mass is 9.85. The molecule has 2 heterocycles. The number of nitrogens with two attached hydrogens (primary N) is 2. The number of guanidine groups is 1. The van der Waals surface area contributed by atoms with Gasteiger partial charge in [0.05, 0.1) is 23.1 Å². The number of aliphatic imine (C=N–C) groups is 2. The van der Waals surface area contributed by atoms with E-state index >= 15 is 0 Å². The van der Waals surface area contributed by atoms with Crippen LogP contribution < -0.4 is 11.5 Å². The molecule has 4 N–H and O–H groups in total. The number of aryl methyl sites for hydroxylation is 1. The third kappa shape index (κ3) is 4.48. The molecule has 2 unspecified atom stereocenters. The molecule has 1 aliphatic carbocycles. The van der Waals surface area contributed by atoms with E-state index in [1.165, 1.54) is 0 Å². The summed E-state index contributed by atoms with van der Waals surface area (Å²) in [6.07, 6.45) is 5.76. The second-order valence-corrected chi connectivity index (χ2v) is 8.91. The molecule has 1 aromatic carbocycles. The topological polar surface area (TPSA) is 97.8 Å². The minimum Gasteiger partial charge on any atom is -0.400 e. The van der Waals surface area contributed by atoms with Crippen molar-refractivity contribution >= 4 is 29.3 Å². The molecule has 0 amide bonds. The molecule has 0 spiro atoms. The van der Waals surface area contributed by atoms with Crippen molar-refractivity contribution in [3.05, 3.63) is 59.2 Å². The van der Waals surface area contributed by atoms with E-state index in [4.69, 9.17) is 16.5 Å². The maximum absolute atomic E-state index is 14.9. The first-order valence-corrected chi connectivity index (χ1v) is 11.3. The van der Waals surface area contributed by atoms with Gasteiger partial charge < -0.3 is 20.9 Å². The van der Waals surface area contributed by atoms with Gasteiger partial charge in [0.25, 0.3) is 0 Å². The van der Waals surface area contributed by atoms with Crippen LogP contribution in [-0.4, -0.2) is 52.4 Å². The van der Waals surface area contributed by atoms with Crippen LogP contribution in [0.25, 0.3) is 16.6 Å². The van der Waals surface area contributed by atoms with Crippen LogP contribution >= 0.6 is 0 Å². The van der Waals surface area contributed by atoms with E-state index in [0.717, 1.165) is 53.7 Å². The molecule has 1 aromatic heterocycles. The number of benzene rings is 1. The molecule has 1 fully saturated rings. The fourth-order valence-corrected chi connectivity index (χ4v) is 4.45. The first-order valence-electron chi connectivity index (χ1n) is 11.3. The molecule has 8 heteroatoms. The van der Waals surface area contributed by atoms with Crippen molar-refractivity contribution in [3.8, 4) is 0 Å². The summed E-state index contributed by atoms with van der Waals surface area (Å²) in [7, 11) is 1.96. The Morgan fingerprint density at radius 3 is 2.67 bits per heavy atom. The number of rotatable bonds is 3. The molecule has 33 heavy (non-hydrogen) atoms. The van der Waals surface area contributed by atoms with Gasteiger partial charge in [0.15, 0.2) is 0 Å². The van der Waals surface area contributed by atoms with Crippen molar-refractivity contribution < 1.29 is 4.39 Å². The Bertz CT molecular complexity index is 1180. The summed E-state index contributed by atoms with van der Waals surface area (Å²) in [5, 5.41) is 0. The minimum atomic E-state index is -1.27. The average Bonchev–Trinajstić information content (AvgIpc) is 3.19. The lowest BCUT2D eigenvalue weighted by Crippen LogP contribution is -2.42. The molecule has 174 valence electrons. The smallest absolute Gasteiger partial charge is 0.225 e. The molecular formula is C25H32FN7. The Hall–Kier alpha value is -3.26. The van der Waals surface area contributed by atoms with Crippen LogP contribution in [0, 0.1) is 5.92 Å². The van der Waals surface area contributed by atoms with E-state index in [9.17, 15) is 4.39 Å². The summed E-state index contributed by atoms with van der Waals surface area (Å²) >= 11 is 0. The van der Waals surface area contributed by atoms with E-state index in [-0.39, 0.29) is 11.7 Å². The number of aromatic nitrogens is 2. The predicted octanol–water partition coefficient (Wildman–Crippen LogP) is 3.54. The van der Waals surface area contributed by atoms with Gasteiger partial charge in [0.1, 0.15) is 6.17 Å². The summed E-state index contributed by atoms with van der Waals surface area (Å²) in [6.45, 7) is 9.12. The highest BCUT2D eigenvalue weighted by Gasteiger charge is 2.29. The number of allylic oxidation sites excluding steroid dienone is 5. The van der Waals surface area contributed by atoms with Crippen LogP contribution in [0.15, 0.2) is 63.6 Å². The fourth-order valence-electron chi connectivity index (χ4n) is 4.45. The number of alkyl halides is 1. The highest BCUT2D eigenvalue weighted by atomic mass is 19.1. The van der Waals surface area contributed by atoms with Crippen LogP contribution in [0.1, 0.15) is 32.3 Å². The van der Waals surface area contributed by atoms with Gasteiger partial charge in [-0.25, -0.2) is 19.4 Å². The van der Waals surface area contributed by atoms with Gasteiger partial charge in [-0.2, -0.15) is 0 Å². The molecule has 1 saturated heterocycles. The molecule has 1 aliphatic heterocycles. The van der Waals surface area contributed by atoms with Crippen LogP contribution in [0.2, 0.25) is 0 Å². The Morgan fingerprint density at radius 1 is 1.24 bits per heavy atom. The van der Waals surface area contributed by atoms with Crippen molar-refractivity contribution in [1.29, 1.82) is 0 Å². The minimum absolute atomic E-state index is 0.190. The van der Waals surface area contributed by atoms with Crippen molar-refractivity contribution in [2.45, 2.75) is 38.9 Å². The van der Waals surface area contributed by atoms with Gasteiger partial charge >= 0.3 is 0 Å². The highest BCUT2D eigenvalue weighted by molar-refractivity contribution is 5.88. The van der Waals surface area contributed by atoms with Crippen LogP contribution in [0.5, 0.6) is 0 Å². The standard InChI is InChI=1S/C25H32FN7/c1-15(17-5-8-22-21(13-17)30-14-32(22)4)24(19-6-7-20(28)23(26)16(19)2)31-25(29-3)33-11-9-18(27)10-12-33/h5-8,13-14,16,18,23H,3,9-12,27-28H2,1-2,4H3/b24-15+,31-25+. The third-order valence-corrected chi connectivity index (χ3v) is 6.67. The lowest BCUT2D eigenvalue weighted by Gasteiger charge is -2.31. The molecule has 0 saturated carbocycles.